The molecule has 0 fully saturated rings. The molecule has 1 N–H and O–H groups in total. The number of carbonyl (C=O) groups is 2. The number of rotatable bonds is 5. The number of esters is 1. The lowest BCUT2D eigenvalue weighted by atomic mass is 10.0. The quantitative estimate of drug-likeness (QED) is 0.752. The molecular weight excluding hydrogens is 392 g/mol. The summed E-state index contributed by atoms with van der Waals surface area (Å²) in [5.41, 5.74) is 1.56. The van der Waals surface area contributed by atoms with E-state index in [1.165, 1.54) is 18.4 Å². The Morgan fingerprint density at radius 1 is 1.38 bits per heavy atom. The monoisotopic (exact) mass is 414 g/mol. The number of nitrogens with zero attached hydrogens (tertiary/aromatic N) is 1. The number of anilines is 1. The first-order chi connectivity index (χ1) is 12.0. The summed E-state index contributed by atoms with van der Waals surface area (Å²) >= 11 is 3.05. The Balaban J connectivity index is 0.00000243. The topological polar surface area (TPSA) is 58.6 Å². The van der Waals surface area contributed by atoms with Crippen LogP contribution in [-0.2, 0) is 28.9 Å². The molecule has 8 heteroatoms. The van der Waals surface area contributed by atoms with Crippen molar-refractivity contribution in [3.8, 4) is 0 Å². The number of thiophene rings is 2. The highest BCUT2D eigenvalue weighted by Crippen LogP contribution is 2.38. The molecule has 2 aromatic heterocycles. The van der Waals surface area contributed by atoms with E-state index in [2.05, 4.69) is 24.1 Å². The molecule has 1 amide bonds. The lowest BCUT2D eigenvalue weighted by molar-refractivity contribution is -0.115. The van der Waals surface area contributed by atoms with E-state index >= 15 is 0 Å². The second-order valence-electron chi connectivity index (χ2n) is 6.32. The van der Waals surface area contributed by atoms with Gasteiger partial charge in [0.15, 0.2) is 0 Å². The predicted molar refractivity (Wildman–Crippen MR) is 109 cm³/mol. The van der Waals surface area contributed by atoms with Gasteiger partial charge in [0.05, 0.1) is 19.1 Å². The van der Waals surface area contributed by atoms with Crippen LogP contribution >= 0.6 is 35.1 Å². The van der Waals surface area contributed by atoms with Crippen molar-refractivity contribution in [2.24, 2.45) is 0 Å². The Kier molecular flexibility index (Phi) is 7.23. The van der Waals surface area contributed by atoms with Crippen LogP contribution in [0.2, 0.25) is 0 Å². The molecule has 0 bridgehead atoms. The molecule has 142 valence electrons. The minimum absolute atomic E-state index is 0. The number of nitrogens with one attached hydrogen (secondary N) is 1. The first kappa shape index (κ1) is 20.9. The Labute approximate surface area is 167 Å². The van der Waals surface area contributed by atoms with Crippen molar-refractivity contribution in [2.75, 3.05) is 19.0 Å². The van der Waals surface area contributed by atoms with Gasteiger partial charge in [-0.15, -0.1) is 35.1 Å². The Hall–Kier alpha value is -1.41. The van der Waals surface area contributed by atoms with Gasteiger partial charge in [0.25, 0.3) is 0 Å². The van der Waals surface area contributed by atoms with Crippen LogP contribution in [0.25, 0.3) is 0 Å². The molecule has 1 aliphatic heterocycles. The summed E-state index contributed by atoms with van der Waals surface area (Å²) in [5.74, 6) is -0.478. The van der Waals surface area contributed by atoms with Gasteiger partial charge < -0.3 is 10.1 Å². The molecule has 5 nitrogen and oxygen atoms in total. The molecule has 0 radical (unpaired) electrons. The molecular formula is C18H23ClN2O3S2. The van der Waals surface area contributed by atoms with Crippen molar-refractivity contribution < 1.29 is 14.3 Å². The molecule has 0 saturated heterocycles. The van der Waals surface area contributed by atoms with Crippen LogP contribution in [0.4, 0.5) is 5.00 Å². The molecule has 3 rings (SSSR count). The molecule has 1 aliphatic rings. The fourth-order valence-corrected chi connectivity index (χ4v) is 4.99. The molecule has 2 aromatic rings. The molecule has 0 spiro atoms. The van der Waals surface area contributed by atoms with Crippen LogP contribution in [0, 0.1) is 0 Å². The van der Waals surface area contributed by atoms with Gasteiger partial charge in [-0.05, 0) is 37.3 Å². The number of fused-ring (bicyclic) bond motifs is 1. The summed E-state index contributed by atoms with van der Waals surface area (Å²) in [6.07, 6.45) is 1.12. The molecule has 0 unspecified atom stereocenters. The van der Waals surface area contributed by atoms with Gasteiger partial charge in [0, 0.05) is 28.9 Å². The number of hydrogen-bond acceptors (Lipinski definition) is 6. The number of halogens is 1. The highest BCUT2D eigenvalue weighted by Gasteiger charge is 2.29. The average Bonchev–Trinajstić information content (AvgIpc) is 3.20. The fraction of sp³-hybridized carbons (Fsp3) is 0.444. The SMILES string of the molecule is COC(=O)c1c(NC(=O)Cc2cccs2)sc2c1CCN(C(C)C)C2.Cl. The molecule has 0 atom stereocenters. The minimum atomic E-state index is -0.373. The van der Waals surface area contributed by atoms with E-state index in [1.807, 2.05) is 17.5 Å². The van der Waals surface area contributed by atoms with Gasteiger partial charge in [0.1, 0.15) is 5.00 Å². The van der Waals surface area contributed by atoms with Crippen molar-refractivity contribution in [3.05, 3.63) is 38.4 Å². The van der Waals surface area contributed by atoms with Gasteiger partial charge in [-0.1, -0.05) is 6.07 Å². The van der Waals surface area contributed by atoms with Crippen molar-refractivity contribution in [2.45, 2.75) is 39.3 Å². The smallest absolute Gasteiger partial charge is 0.341 e. The van der Waals surface area contributed by atoms with Gasteiger partial charge in [-0.3, -0.25) is 9.69 Å². The predicted octanol–water partition coefficient (Wildman–Crippen LogP) is 3.97. The van der Waals surface area contributed by atoms with Gasteiger partial charge >= 0.3 is 5.97 Å². The van der Waals surface area contributed by atoms with Gasteiger partial charge in [0.2, 0.25) is 5.91 Å². The zero-order valence-electron chi connectivity index (χ0n) is 15.0. The maximum absolute atomic E-state index is 12.4. The zero-order chi connectivity index (χ0) is 18.0. The van der Waals surface area contributed by atoms with Crippen LogP contribution in [0.1, 0.15) is 39.5 Å². The Morgan fingerprint density at radius 3 is 2.77 bits per heavy atom. The third kappa shape index (κ3) is 4.46. The standard InChI is InChI=1S/C18H22N2O3S2.ClH/c1-11(2)20-7-6-13-14(10-20)25-17(16(13)18(22)23-3)19-15(21)9-12-5-4-8-24-12;/h4-5,8,11H,6-7,9-10H2,1-3H3,(H,19,21);1H. The molecule has 0 aliphatic carbocycles. The van der Waals surface area contributed by atoms with E-state index in [1.54, 1.807) is 11.3 Å². The largest absolute Gasteiger partial charge is 0.465 e. The van der Waals surface area contributed by atoms with Crippen LogP contribution in [0.3, 0.4) is 0 Å². The van der Waals surface area contributed by atoms with Crippen molar-refractivity contribution in [3.63, 3.8) is 0 Å². The molecule has 26 heavy (non-hydrogen) atoms. The fourth-order valence-electron chi connectivity index (χ4n) is 3.01. The van der Waals surface area contributed by atoms with Gasteiger partial charge in [-0.2, -0.15) is 0 Å². The lowest BCUT2D eigenvalue weighted by Gasteiger charge is -2.30. The summed E-state index contributed by atoms with van der Waals surface area (Å²) in [7, 11) is 1.38. The van der Waals surface area contributed by atoms with Crippen LogP contribution < -0.4 is 5.32 Å². The highest BCUT2D eigenvalue weighted by atomic mass is 35.5. The Bertz CT molecular complexity index is 772. The second kappa shape index (κ2) is 8.99. The summed E-state index contributed by atoms with van der Waals surface area (Å²) in [5, 5.41) is 5.50. The number of ether oxygens (including phenoxy) is 1. The van der Waals surface area contributed by atoms with E-state index in [0.717, 1.165) is 34.8 Å². The average molecular weight is 415 g/mol. The molecule has 0 aromatic carbocycles. The zero-order valence-corrected chi connectivity index (χ0v) is 17.5. The third-order valence-electron chi connectivity index (χ3n) is 4.37. The molecule has 0 saturated carbocycles. The minimum Gasteiger partial charge on any atom is -0.465 e. The first-order valence-corrected chi connectivity index (χ1v) is 9.98. The normalized spacial score (nSPS) is 13.8. The van der Waals surface area contributed by atoms with Crippen LogP contribution in [0.5, 0.6) is 0 Å². The van der Waals surface area contributed by atoms with Gasteiger partial charge in [-0.25, -0.2) is 4.79 Å². The second-order valence-corrected chi connectivity index (χ2v) is 8.46. The van der Waals surface area contributed by atoms with Crippen molar-refractivity contribution in [1.29, 1.82) is 0 Å². The first-order valence-electron chi connectivity index (χ1n) is 8.28. The van der Waals surface area contributed by atoms with E-state index in [-0.39, 0.29) is 24.3 Å². The Morgan fingerprint density at radius 2 is 2.15 bits per heavy atom. The van der Waals surface area contributed by atoms with E-state index in [0.29, 0.717) is 23.0 Å². The number of carbonyl (C=O) groups excluding carboxylic acids is 2. The molecule has 3 heterocycles. The maximum atomic E-state index is 12.4. The van der Waals surface area contributed by atoms with Crippen molar-refractivity contribution in [1.82, 2.24) is 4.90 Å². The summed E-state index contributed by atoms with van der Waals surface area (Å²) in [4.78, 5) is 29.2. The lowest BCUT2D eigenvalue weighted by Crippen LogP contribution is -2.35. The summed E-state index contributed by atoms with van der Waals surface area (Å²) < 4.78 is 4.97. The maximum Gasteiger partial charge on any atom is 0.341 e. The number of amides is 1. The van der Waals surface area contributed by atoms with Crippen molar-refractivity contribution >= 4 is 52.0 Å². The number of methoxy groups -OCH3 is 1. The third-order valence-corrected chi connectivity index (χ3v) is 6.38. The van der Waals surface area contributed by atoms with E-state index in [4.69, 9.17) is 4.74 Å². The highest BCUT2D eigenvalue weighted by molar-refractivity contribution is 7.17. The number of hydrogen-bond donors (Lipinski definition) is 1. The van der Waals surface area contributed by atoms with E-state index in [9.17, 15) is 9.59 Å². The van der Waals surface area contributed by atoms with Crippen LogP contribution in [0.15, 0.2) is 17.5 Å². The van der Waals surface area contributed by atoms with Crippen LogP contribution in [-0.4, -0.2) is 36.5 Å². The van der Waals surface area contributed by atoms with E-state index < -0.39 is 0 Å². The summed E-state index contributed by atoms with van der Waals surface area (Å²) in [6.45, 7) is 6.06. The summed E-state index contributed by atoms with van der Waals surface area (Å²) in [6, 6.07) is 4.32.